The first-order valence-corrected chi connectivity index (χ1v) is 9.54. The summed E-state index contributed by atoms with van der Waals surface area (Å²) in [7, 11) is 1.81. The van der Waals surface area contributed by atoms with Gasteiger partial charge in [-0.2, -0.15) is 5.10 Å². The Morgan fingerprint density at radius 3 is 2.89 bits per heavy atom. The van der Waals surface area contributed by atoms with E-state index in [9.17, 15) is 4.79 Å². The van der Waals surface area contributed by atoms with E-state index in [0.717, 1.165) is 48.5 Å². The van der Waals surface area contributed by atoms with Gasteiger partial charge in [-0.05, 0) is 24.1 Å². The quantitative estimate of drug-likeness (QED) is 0.596. The molecule has 5 rings (SSSR count). The summed E-state index contributed by atoms with van der Waals surface area (Å²) in [6, 6.07) is 14.2. The number of rotatable bonds is 4. The van der Waals surface area contributed by atoms with E-state index in [-0.39, 0.29) is 11.7 Å². The van der Waals surface area contributed by atoms with Gasteiger partial charge in [-0.15, -0.1) is 0 Å². The third-order valence-corrected chi connectivity index (χ3v) is 5.64. The van der Waals surface area contributed by atoms with Crippen molar-refractivity contribution < 1.29 is 0 Å². The summed E-state index contributed by atoms with van der Waals surface area (Å²) in [5.74, 6) is 0. The number of benzene rings is 1. The van der Waals surface area contributed by atoms with Crippen LogP contribution >= 0.6 is 0 Å². The summed E-state index contributed by atoms with van der Waals surface area (Å²) < 4.78 is 3.55. The monoisotopic (exact) mass is 374 g/mol. The third-order valence-electron chi connectivity index (χ3n) is 5.64. The Bertz CT molecular complexity index is 1170. The minimum absolute atomic E-state index is 0.00818. The van der Waals surface area contributed by atoms with Gasteiger partial charge in [-0.3, -0.25) is 19.1 Å². The lowest BCUT2D eigenvalue weighted by atomic mass is 10.1. The highest BCUT2D eigenvalue weighted by atomic mass is 16.1. The number of nitrogens with one attached hydrogen (secondary N) is 1. The fraction of sp³-hybridized carbons (Fsp3) is 0.286. The fourth-order valence-corrected chi connectivity index (χ4v) is 4.21. The summed E-state index contributed by atoms with van der Waals surface area (Å²) >= 11 is 0. The second-order valence-electron chi connectivity index (χ2n) is 7.37. The number of aryl methyl sites for hydroxylation is 1. The fourth-order valence-electron chi connectivity index (χ4n) is 4.21. The summed E-state index contributed by atoms with van der Waals surface area (Å²) in [6.45, 7) is 2.58. The maximum atomic E-state index is 12.8. The van der Waals surface area contributed by atoms with Crippen LogP contribution in [0.15, 0.2) is 59.7 Å². The predicted octanol–water partition coefficient (Wildman–Crippen LogP) is 2.57. The van der Waals surface area contributed by atoms with Gasteiger partial charge in [0, 0.05) is 38.4 Å². The molecule has 7 heteroatoms. The van der Waals surface area contributed by atoms with Gasteiger partial charge in [0.1, 0.15) is 0 Å². The van der Waals surface area contributed by atoms with Crippen LogP contribution in [0.2, 0.25) is 0 Å². The number of aromatic nitrogens is 5. The molecule has 0 amide bonds. The molecule has 4 aromatic rings. The average Bonchev–Trinajstić information content (AvgIpc) is 3.43. The first kappa shape index (κ1) is 16.9. The molecule has 0 saturated carbocycles. The zero-order valence-corrected chi connectivity index (χ0v) is 15.7. The number of nitrogens with zero attached hydrogens (tertiary/aromatic N) is 5. The Morgan fingerprint density at radius 2 is 2.04 bits per heavy atom. The van der Waals surface area contributed by atoms with Crippen LogP contribution in [-0.2, 0) is 13.6 Å². The number of imidazole rings is 1. The number of H-pyrrole nitrogens is 1. The summed E-state index contributed by atoms with van der Waals surface area (Å²) in [6.07, 6.45) is 4.60. The molecule has 1 saturated heterocycles. The first-order valence-electron chi connectivity index (χ1n) is 9.54. The van der Waals surface area contributed by atoms with Crippen LogP contribution in [-0.4, -0.2) is 42.3 Å². The van der Waals surface area contributed by atoms with Gasteiger partial charge in [0.2, 0.25) is 0 Å². The summed E-state index contributed by atoms with van der Waals surface area (Å²) in [4.78, 5) is 19.6. The van der Waals surface area contributed by atoms with Crippen molar-refractivity contribution >= 4 is 11.2 Å². The Kier molecular flexibility index (Phi) is 4.09. The maximum absolute atomic E-state index is 12.8. The molecular weight excluding hydrogens is 352 g/mol. The lowest BCUT2D eigenvalue weighted by Crippen LogP contribution is -2.28. The molecule has 1 fully saturated rings. The minimum Gasteiger partial charge on any atom is -0.297 e. The topological polar surface area (TPSA) is 71.7 Å². The lowest BCUT2D eigenvalue weighted by molar-refractivity contribution is 0.316. The van der Waals surface area contributed by atoms with E-state index in [1.165, 1.54) is 5.56 Å². The van der Waals surface area contributed by atoms with Gasteiger partial charge in [-0.1, -0.05) is 30.3 Å². The van der Waals surface area contributed by atoms with Crippen molar-refractivity contribution in [2.24, 2.45) is 7.05 Å². The van der Waals surface area contributed by atoms with E-state index in [1.807, 2.05) is 48.1 Å². The smallest absolute Gasteiger partial charge is 0.297 e. The van der Waals surface area contributed by atoms with Crippen molar-refractivity contribution in [3.63, 3.8) is 0 Å². The molecule has 1 N–H and O–H groups in total. The maximum Gasteiger partial charge on any atom is 0.330 e. The molecule has 1 aliphatic heterocycles. The van der Waals surface area contributed by atoms with Gasteiger partial charge in [0.15, 0.2) is 5.65 Å². The molecule has 0 bridgehead atoms. The molecule has 28 heavy (non-hydrogen) atoms. The Hall–Kier alpha value is -3.19. The highest BCUT2D eigenvalue weighted by molar-refractivity contribution is 5.71. The molecule has 1 aliphatic rings. The number of fused-ring (bicyclic) bond motifs is 1. The van der Waals surface area contributed by atoms with Crippen molar-refractivity contribution in [2.75, 3.05) is 13.1 Å². The van der Waals surface area contributed by atoms with Crippen molar-refractivity contribution in [1.82, 2.24) is 29.2 Å². The lowest BCUT2D eigenvalue weighted by Gasteiger charge is -2.16. The molecule has 4 heterocycles. The van der Waals surface area contributed by atoms with E-state index in [1.54, 1.807) is 10.8 Å². The van der Waals surface area contributed by atoms with Gasteiger partial charge in [0.25, 0.3) is 0 Å². The van der Waals surface area contributed by atoms with Crippen LogP contribution in [0, 0.1) is 0 Å². The highest BCUT2D eigenvalue weighted by Gasteiger charge is 2.28. The minimum atomic E-state index is 0.00818. The molecule has 0 spiro atoms. The molecule has 0 radical (unpaired) electrons. The normalized spacial score (nSPS) is 17.5. The number of hydrogen-bond acceptors (Lipinski definition) is 4. The van der Waals surface area contributed by atoms with Crippen LogP contribution in [0.25, 0.3) is 22.4 Å². The number of aromatic amines is 1. The van der Waals surface area contributed by atoms with E-state index in [2.05, 4.69) is 32.2 Å². The van der Waals surface area contributed by atoms with E-state index in [0.29, 0.717) is 0 Å². The Morgan fingerprint density at radius 1 is 1.18 bits per heavy atom. The Balaban J connectivity index is 1.39. The van der Waals surface area contributed by atoms with Crippen molar-refractivity contribution in [3.05, 3.63) is 70.9 Å². The molecular formula is C21H22N6O. The molecule has 7 nitrogen and oxygen atoms in total. The molecule has 3 aromatic heterocycles. The summed E-state index contributed by atoms with van der Waals surface area (Å²) in [5, 5.41) is 7.39. The van der Waals surface area contributed by atoms with Crippen LogP contribution in [0.5, 0.6) is 0 Å². The number of likely N-dealkylation sites (tertiary alicyclic amines) is 1. The van der Waals surface area contributed by atoms with Gasteiger partial charge in [0.05, 0.1) is 23.4 Å². The van der Waals surface area contributed by atoms with Crippen molar-refractivity contribution in [3.8, 4) is 11.3 Å². The van der Waals surface area contributed by atoms with Gasteiger partial charge < -0.3 is 0 Å². The largest absolute Gasteiger partial charge is 0.330 e. The third kappa shape index (κ3) is 2.75. The van der Waals surface area contributed by atoms with Crippen molar-refractivity contribution in [1.29, 1.82) is 0 Å². The van der Waals surface area contributed by atoms with E-state index in [4.69, 9.17) is 0 Å². The standard InChI is InChI=1S/C21H22N6O/c1-25-18-8-5-10-22-20(18)27(21(25)28)17-9-11-26(14-17)13-16-12-23-24-19(16)15-6-3-2-4-7-15/h2-8,10,12,17H,9,11,13-14H2,1H3,(H,23,24)/t17-/m1/s1. The first-order chi connectivity index (χ1) is 13.7. The predicted molar refractivity (Wildman–Crippen MR) is 108 cm³/mol. The molecule has 1 atom stereocenters. The zero-order valence-electron chi connectivity index (χ0n) is 15.7. The Labute approximate surface area is 162 Å². The molecule has 0 unspecified atom stereocenters. The van der Waals surface area contributed by atoms with Crippen molar-refractivity contribution in [2.45, 2.75) is 19.0 Å². The van der Waals surface area contributed by atoms with Crippen LogP contribution in [0.4, 0.5) is 0 Å². The van der Waals surface area contributed by atoms with Crippen LogP contribution in [0.3, 0.4) is 0 Å². The van der Waals surface area contributed by atoms with Gasteiger partial charge in [-0.25, -0.2) is 9.78 Å². The number of pyridine rings is 1. The number of hydrogen-bond donors (Lipinski definition) is 1. The average molecular weight is 374 g/mol. The van der Waals surface area contributed by atoms with Crippen LogP contribution in [0.1, 0.15) is 18.0 Å². The van der Waals surface area contributed by atoms with Gasteiger partial charge >= 0.3 is 5.69 Å². The molecule has 0 aliphatic carbocycles. The van der Waals surface area contributed by atoms with Crippen LogP contribution < -0.4 is 5.69 Å². The SMILES string of the molecule is Cn1c(=O)n([C@@H]2CCN(Cc3cn[nH]c3-c3ccccc3)C2)c2ncccc21. The highest BCUT2D eigenvalue weighted by Crippen LogP contribution is 2.27. The zero-order chi connectivity index (χ0) is 19.1. The molecule has 1 aromatic carbocycles. The second-order valence-corrected chi connectivity index (χ2v) is 7.37. The van der Waals surface area contributed by atoms with E-state index >= 15 is 0 Å². The summed E-state index contributed by atoms with van der Waals surface area (Å²) in [5.41, 5.74) is 5.04. The molecule has 142 valence electrons. The second kappa shape index (κ2) is 6.76. The van der Waals surface area contributed by atoms with E-state index < -0.39 is 0 Å².